The van der Waals surface area contributed by atoms with Crippen LogP contribution in [0.25, 0.3) is 0 Å². The Morgan fingerprint density at radius 3 is 2.85 bits per heavy atom. The Bertz CT molecular complexity index is 458. The Hall–Kier alpha value is -1.35. The molecule has 1 aliphatic rings. The maximum absolute atomic E-state index is 11.1. The molecule has 0 bridgehead atoms. The highest BCUT2D eigenvalue weighted by atomic mass is 16.4. The molecule has 2 atom stereocenters. The zero-order valence-electron chi connectivity index (χ0n) is 12.5. The minimum atomic E-state index is -0.703. The van der Waals surface area contributed by atoms with Crippen molar-refractivity contribution in [1.29, 1.82) is 0 Å². The smallest absolute Gasteiger partial charge is 0.307 e. The van der Waals surface area contributed by atoms with E-state index < -0.39 is 5.97 Å². The minimum absolute atomic E-state index is 0.314. The fourth-order valence-electron chi connectivity index (χ4n) is 3.18. The van der Waals surface area contributed by atoms with Gasteiger partial charge in [0.05, 0.1) is 5.92 Å². The van der Waals surface area contributed by atoms with Gasteiger partial charge >= 0.3 is 5.97 Å². The van der Waals surface area contributed by atoms with Crippen LogP contribution in [0.3, 0.4) is 0 Å². The van der Waals surface area contributed by atoms with E-state index in [4.69, 9.17) is 5.11 Å². The van der Waals surface area contributed by atoms with Crippen molar-refractivity contribution < 1.29 is 9.90 Å². The largest absolute Gasteiger partial charge is 0.481 e. The normalized spacial score (nSPS) is 20.2. The van der Waals surface area contributed by atoms with Crippen molar-refractivity contribution in [3.8, 4) is 0 Å². The second kappa shape index (κ2) is 6.89. The van der Waals surface area contributed by atoms with Crippen LogP contribution in [0.15, 0.2) is 24.3 Å². The van der Waals surface area contributed by atoms with Crippen LogP contribution in [-0.2, 0) is 11.2 Å². The summed E-state index contributed by atoms with van der Waals surface area (Å²) in [6.45, 7) is 5.46. The molecule has 20 heavy (non-hydrogen) atoms. The van der Waals surface area contributed by atoms with Crippen LogP contribution in [0.5, 0.6) is 0 Å². The summed E-state index contributed by atoms with van der Waals surface area (Å²) in [4.78, 5) is 13.5. The van der Waals surface area contributed by atoms with Crippen LogP contribution in [0.4, 0.5) is 0 Å². The predicted octanol–water partition coefficient (Wildman–Crippen LogP) is 3.50. The molecule has 0 amide bonds. The minimum Gasteiger partial charge on any atom is -0.481 e. The van der Waals surface area contributed by atoms with Gasteiger partial charge < -0.3 is 5.11 Å². The average molecular weight is 275 g/mol. The molecule has 0 heterocycles. The molecule has 1 aliphatic carbocycles. The highest BCUT2D eigenvalue weighted by Gasteiger charge is 2.26. The molecule has 0 radical (unpaired) electrons. The van der Waals surface area contributed by atoms with E-state index in [9.17, 15) is 4.79 Å². The number of aryl methyl sites for hydroxylation is 1. The van der Waals surface area contributed by atoms with Crippen LogP contribution in [0, 0.1) is 5.92 Å². The van der Waals surface area contributed by atoms with Gasteiger partial charge in [0.15, 0.2) is 0 Å². The molecule has 0 saturated heterocycles. The summed E-state index contributed by atoms with van der Waals surface area (Å²) in [5.74, 6) is -1.02. The number of carboxylic acid groups (broad SMARTS) is 1. The number of carbonyl (C=O) groups is 1. The first-order valence-corrected chi connectivity index (χ1v) is 7.68. The number of aliphatic carboxylic acids is 1. The second-order valence-electron chi connectivity index (χ2n) is 5.79. The topological polar surface area (TPSA) is 40.5 Å². The summed E-state index contributed by atoms with van der Waals surface area (Å²) in [5.41, 5.74) is 2.85. The number of hydrogen-bond donors (Lipinski definition) is 1. The van der Waals surface area contributed by atoms with E-state index in [0.29, 0.717) is 12.6 Å². The van der Waals surface area contributed by atoms with Gasteiger partial charge in [0.1, 0.15) is 0 Å². The summed E-state index contributed by atoms with van der Waals surface area (Å²) in [7, 11) is 0. The summed E-state index contributed by atoms with van der Waals surface area (Å²) in [6.07, 6.45) is 4.74. The first kappa shape index (κ1) is 15.0. The van der Waals surface area contributed by atoms with E-state index in [-0.39, 0.29) is 5.92 Å². The maximum atomic E-state index is 11.1. The van der Waals surface area contributed by atoms with E-state index in [1.54, 1.807) is 6.92 Å². The van der Waals surface area contributed by atoms with Gasteiger partial charge in [-0.1, -0.05) is 44.5 Å². The van der Waals surface area contributed by atoms with Crippen molar-refractivity contribution in [3.05, 3.63) is 35.4 Å². The van der Waals surface area contributed by atoms with Gasteiger partial charge in [0, 0.05) is 12.6 Å². The molecule has 2 unspecified atom stereocenters. The average Bonchev–Trinajstić information content (AvgIpc) is 2.66. The van der Waals surface area contributed by atoms with Gasteiger partial charge in [-0.15, -0.1) is 0 Å². The van der Waals surface area contributed by atoms with Gasteiger partial charge in [-0.3, -0.25) is 9.69 Å². The number of benzene rings is 1. The number of hydrogen-bond acceptors (Lipinski definition) is 2. The molecular weight excluding hydrogens is 250 g/mol. The number of rotatable bonds is 5. The van der Waals surface area contributed by atoms with Crippen LogP contribution in [-0.4, -0.2) is 29.1 Å². The van der Waals surface area contributed by atoms with E-state index in [2.05, 4.69) is 36.1 Å². The first-order chi connectivity index (χ1) is 9.63. The summed E-state index contributed by atoms with van der Waals surface area (Å²) < 4.78 is 0. The van der Waals surface area contributed by atoms with E-state index in [1.165, 1.54) is 24.0 Å². The van der Waals surface area contributed by atoms with Gasteiger partial charge in [0.25, 0.3) is 0 Å². The SMILES string of the molecule is CCN(CC(C)C(=O)O)C1CCCCc2ccccc21. The van der Waals surface area contributed by atoms with Crippen molar-refractivity contribution in [3.63, 3.8) is 0 Å². The van der Waals surface area contributed by atoms with Crippen molar-refractivity contribution >= 4 is 5.97 Å². The van der Waals surface area contributed by atoms with Crippen molar-refractivity contribution in [2.45, 2.75) is 45.6 Å². The van der Waals surface area contributed by atoms with E-state index in [0.717, 1.165) is 19.4 Å². The summed E-state index contributed by atoms with van der Waals surface area (Å²) in [5, 5.41) is 9.15. The fourth-order valence-corrected chi connectivity index (χ4v) is 3.18. The molecule has 0 saturated carbocycles. The lowest BCUT2D eigenvalue weighted by Gasteiger charge is -2.32. The lowest BCUT2D eigenvalue weighted by atomic mass is 9.97. The molecule has 1 aromatic carbocycles. The van der Waals surface area contributed by atoms with Crippen LogP contribution in [0.1, 0.15) is 50.3 Å². The molecule has 0 aromatic heterocycles. The molecule has 1 aromatic rings. The number of fused-ring (bicyclic) bond motifs is 1. The van der Waals surface area contributed by atoms with Crippen LogP contribution < -0.4 is 0 Å². The monoisotopic (exact) mass is 275 g/mol. The third kappa shape index (κ3) is 3.40. The van der Waals surface area contributed by atoms with Crippen molar-refractivity contribution in [2.75, 3.05) is 13.1 Å². The third-order valence-electron chi connectivity index (χ3n) is 4.36. The molecule has 0 spiro atoms. The molecule has 110 valence electrons. The van der Waals surface area contributed by atoms with E-state index >= 15 is 0 Å². The Labute approximate surface area is 121 Å². The third-order valence-corrected chi connectivity index (χ3v) is 4.36. The standard InChI is InChI=1S/C17H25NO2/c1-3-18(12-13(2)17(19)20)16-11-7-5-9-14-8-4-6-10-15(14)16/h4,6,8,10,13,16H,3,5,7,9,11-12H2,1-2H3,(H,19,20). The Kier molecular flexibility index (Phi) is 5.18. The first-order valence-electron chi connectivity index (χ1n) is 7.68. The Balaban J connectivity index is 2.22. The highest BCUT2D eigenvalue weighted by Crippen LogP contribution is 2.33. The fraction of sp³-hybridized carbons (Fsp3) is 0.588. The summed E-state index contributed by atoms with van der Waals surface area (Å²) >= 11 is 0. The predicted molar refractivity (Wildman–Crippen MR) is 80.8 cm³/mol. The maximum Gasteiger partial charge on any atom is 0.307 e. The second-order valence-corrected chi connectivity index (χ2v) is 5.79. The van der Waals surface area contributed by atoms with Gasteiger partial charge in [-0.25, -0.2) is 0 Å². The molecule has 0 fully saturated rings. The number of nitrogens with zero attached hydrogens (tertiary/aromatic N) is 1. The molecule has 1 N–H and O–H groups in total. The van der Waals surface area contributed by atoms with E-state index in [1.807, 2.05) is 0 Å². The Morgan fingerprint density at radius 2 is 2.15 bits per heavy atom. The van der Waals surface area contributed by atoms with Gasteiger partial charge in [-0.05, 0) is 36.9 Å². The highest BCUT2D eigenvalue weighted by molar-refractivity contribution is 5.69. The van der Waals surface area contributed by atoms with Crippen LogP contribution >= 0.6 is 0 Å². The molecule has 3 heteroatoms. The Morgan fingerprint density at radius 1 is 1.40 bits per heavy atom. The molecular formula is C17H25NO2. The van der Waals surface area contributed by atoms with Crippen LogP contribution in [0.2, 0.25) is 0 Å². The zero-order chi connectivity index (χ0) is 14.5. The van der Waals surface area contributed by atoms with Gasteiger partial charge in [-0.2, -0.15) is 0 Å². The van der Waals surface area contributed by atoms with Gasteiger partial charge in [0.2, 0.25) is 0 Å². The van der Waals surface area contributed by atoms with Crippen molar-refractivity contribution in [1.82, 2.24) is 4.90 Å². The quantitative estimate of drug-likeness (QED) is 0.836. The zero-order valence-corrected chi connectivity index (χ0v) is 12.5. The lowest BCUT2D eigenvalue weighted by molar-refractivity contribution is -0.141. The molecule has 0 aliphatic heterocycles. The molecule has 2 rings (SSSR count). The number of carboxylic acids is 1. The lowest BCUT2D eigenvalue weighted by Crippen LogP contribution is -2.35. The molecule has 3 nitrogen and oxygen atoms in total. The van der Waals surface area contributed by atoms with Crippen molar-refractivity contribution in [2.24, 2.45) is 5.92 Å². The summed E-state index contributed by atoms with van der Waals surface area (Å²) in [6, 6.07) is 9.03.